The molecule has 10 nitrogen and oxygen atoms in total. The Balaban J connectivity index is 2.40. The summed E-state index contributed by atoms with van der Waals surface area (Å²) >= 11 is 0. The number of non-ortho nitro benzene ring substituents is 2. The average Bonchev–Trinajstić information content (AvgIpc) is 2.63. The lowest BCUT2D eigenvalue weighted by Crippen LogP contribution is -2.09. The zero-order valence-electron chi connectivity index (χ0n) is 15.0. The zero-order chi connectivity index (χ0) is 20.2. The Labute approximate surface area is 155 Å². The van der Waals surface area contributed by atoms with Crippen LogP contribution in [0.3, 0.4) is 0 Å². The van der Waals surface area contributed by atoms with Crippen molar-refractivity contribution in [3.8, 4) is 0 Å². The molecule has 0 spiro atoms. The fourth-order valence-electron chi connectivity index (χ4n) is 2.17. The summed E-state index contributed by atoms with van der Waals surface area (Å²) in [5.41, 5.74) is -0.776. The van der Waals surface area contributed by atoms with E-state index in [0.29, 0.717) is 6.61 Å². The van der Waals surface area contributed by atoms with Gasteiger partial charge in [0.15, 0.2) is 0 Å². The van der Waals surface area contributed by atoms with Crippen LogP contribution in [-0.2, 0) is 25.7 Å². The highest BCUT2D eigenvalue weighted by Gasteiger charge is 2.17. The van der Waals surface area contributed by atoms with E-state index in [0.717, 1.165) is 37.5 Å². The molecule has 0 aliphatic rings. The standard InChI is InChI=1S/C17H22N2O8/c1-2-3-4-8-26-16(20)6-5-7-17(21)27-12-13-9-14(18(22)23)11-15(10-13)19(24)25/h9-11H,2-8,12H2,1H3. The number of carbonyl (C=O) groups excluding carboxylic acids is 2. The third-order valence-corrected chi connectivity index (χ3v) is 3.56. The molecule has 0 bridgehead atoms. The van der Waals surface area contributed by atoms with E-state index in [1.165, 1.54) is 0 Å². The molecule has 0 heterocycles. The lowest BCUT2D eigenvalue weighted by molar-refractivity contribution is -0.394. The van der Waals surface area contributed by atoms with Crippen molar-refractivity contribution in [2.45, 2.75) is 52.1 Å². The van der Waals surface area contributed by atoms with Gasteiger partial charge in [0.2, 0.25) is 0 Å². The molecule has 0 amide bonds. The van der Waals surface area contributed by atoms with Gasteiger partial charge in [-0.3, -0.25) is 29.8 Å². The summed E-state index contributed by atoms with van der Waals surface area (Å²) in [6.45, 7) is 2.07. The quantitative estimate of drug-likeness (QED) is 0.232. The normalized spacial score (nSPS) is 10.3. The fraction of sp³-hybridized carbons (Fsp3) is 0.529. The minimum absolute atomic E-state index is 0.0267. The smallest absolute Gasteiger partial charge is 0.306 e. The minimum atomic E-state index is -0.759. The van der Waals surface area contributed by atoms with Gasteiger partial charge in [0, 0.05) is 30.5 Å². The van der Waals surface area contributed by atoms with E-state index < -0.39 is 27.2 Å². The van der Waals surface area contributed by atoms with Crippen LogP contribution in [-0.4, -0.2) is 28.4 Å². The van der Waals surface area contributed by atoms with E-state index in [4.69, 9.17) is 9.47 Å². The molecule has 0 unspecified atom stereocenters. The molecule has 148 valence electrons. The predicted octanol–water partition coefficient (Wildman–Crippen LogP) is 3.45. The maximum Gasteiger partial charge on any atom is 0.306 e. The van der Waals surface area contributed by atoms with E-state index in [1.807, 2.05) is 6.92 Å². The molecule has 0 aliphatic heterocycles. The third-order valence-electron chi connectivity index (χ3n) is 3.56. The number of hydrogen-bond donors (Lipinski definition) is 0. The summed E-state index contributed by atoms with van der Waals surface area (Å²) in [5.74, 6) is -0.990. The molecule has 1 aromatic rings. The highest BCUT2D eigenvalue weighted by molar-refractivity contribution is 5.72. The molecule has 0 saturated heterocycles. The van der Waals surface area contributed by atoms with E-state index in [2.05, 4.69) is 0 Å². The topological polar surface area (TPSA) is 139 Å². The van der Waals surface area contributed by atoms with Crippen molar-refractivity contribution in [2.24, 2.45) is 0 Å². The first-order valence-electron chi connectivity index (χ1n) is 8.57. The number of benzene rings is 1. The van der Waals surface area contributed by atoms with Crippen molar-refractivity contribution in [1.29, 1.82) is 0 Å². The van der Waals surface area contributed by atoms with Gasteiger partial charge in [0.05, 0.1) is 22.5 Å². The van der Waals surface area contributed by atoms with Gasteiger partial charge in [-0.25, -0.2) is 0 Å². The molecular formula is C17H22N2O8. The molecule has 0 saturated carbocycles. The third kappa shape index (κ3) is 8.75. The van der Waals surface area contributed by atoms with Crippen molar-refractivity contribution >= 4 is 23.3 Å². The Bertz CT molecular complexity index is 657. The highest BCUT2D eigenvalue weighted by atomic mass is 16.6. The Morgan fingerprint density at radius 1 is 0.889 bits per heavy atom. The Hall–Kier alpha value is -3.04. The van der Waals surface area contributed by atoms with Gasteiger partial charge in [0.1, 0.15) is 6.61 Å². The SMILES string of the molecule is CCCCCOC(=O)CCCC(=O)OCc1cc([N+](=O)[O-])cc([N+](=O)[O-])c1. The number of carbonyl (C=O) groups is 2. The molecule has 0 fully saturated rings. The number of nitro groups is 2. The molecule has 1 aromatic carbocycles. The zero-order valence-corrected chi connectivity index (χ0v) is 15.0. The monoisotopic (exact) mass is 382 g/mol. The van der Waals surface area contributed by atoms with Crippen LogP contribution in [0.4, 0.5) is 11.4 Å². The van der Waals surface area contributed by atoms with Gasteiger partial charge in [-0.2, -0.15) is 0 Å². The highest BCUT2D eigenvalue weighted by Crippen LogP contribution is 2.23. The van der Waals surface area contributed by atoms with Gasteiger partial charge in [-0.1, -0.05) is 19.8 Å². The minimum Gasteiger partial charge on any atom is -0.466 e. The van der Waals surface area contributed by atoms with Crippen LogP contribution in [0, 0.1) is 20.2 Å². The van der Waals surface area contributed by atoms with Crippen molar-refractivity contribution in [3.05, 3.63) is 44.0 Å². The molecule has 27 heavy (non-hydrogen) atoms. The lowest BCUT2D eigenvalue weighted by Gasteiger charge is -2.06. The molecule has 0 N–H and O–H groups in total. The van der Waals surface area contributed by atoms with Gasteiger partial charge >= 0.3 is 11.9 Å². The van der Waals surface area contributed by atoms with E-state index in [9.17, 15) is 29.8 Å². The second-order valence-electron chi connectivity index (χ2n) is 5.81. The van der Waals surface area contributed by atoms with Crippen LogP contribution in [0.15, 0.2) is 18.2 Å². The number of unbranched alkanes of at least 4 members (excludes halogenated alkanes) is 2. The second-order valence-corrected chi connectivity index (χ2v) is 5.81. The van der Waals surface area contributed by atoms with Crippen LogP contribution in [0.1, 0.15) is 51.0 Å². The number of ether oxygens (including phenoxy) is 2. The first-order valence-corrected chi connectivity index (χ1v) is 8.57. The van der Waals surface area contributed by atoms with Gasteiger partial charge < -0.3 is 9.47 Å². The maximum absolute atomic E-state index is 11.7. The van der Waals surface area contributed by atoms with Crippen LogP contribution >= 0.6 is 0 Å². The van der Waals surface area contributed by atoms with Crippen LogP contribution < -0.4 is 0 Å². The van der Waals surface area contributed by atoms with Crippen LogP contribution in [0.5, 0.6) is 0 Å². The molecule has 10 heteroatoms. The summed E-state index contributed by atoms with van der Waals surface area (Å²) < 4.78 is 9.96. The van der Waals surface area contributed by atoms with Crippen molar-refractivity contribution in [1.82, 2.24) is 0 Å². The number of esters is 2. The molecule has 1 rings (SSSR count). The molecule has 0 atom stereocenters. The number of rotatable bonds is 12. The predicted molar refractivity (Wildman–Crippen MR) is 93.9 cm³/mol. The van der Waals surface area contributed by atoms with E-state index in [-0.39, 0.29) is 37.4 Å². The molecule has 0 aliphatic carbocycles. The Morgan fingerprint density at radius 3 is 1.96 bits per heavy atom. The molecule has 0 aromatic heterocycles. The first kappa shape index (κ1) is 22.0. The summed E-state index contributed by atoms with van der Waals surface area (Å²) in [6.07, 6.45) is 3.12. The number of hydrogen-bond acceptors (Lipinski definition) is 8. The first-order chi connectivity index (χ1) is 12.8. The van der Waals surface area contributed by atoms with E-state index >= 15 is 0 Å². The van der Waals surface area contributed by atoms with Gasteiger partial charge in [0.25, 0.3) is 11.4 Å². The van der Waals surface area contributed by atoms with Crippen LogP contribution in [0.2, 0.25) is 0 Å². The van der Waals surface area contributed by atoms with Gasteiger partial charge in [-0.15, -0.1) is 0 Å². The summed E-state index contributed by atoms with van der Waals surface area (Å²) in [6, 6.07) is 3.04. The van der Waals surface area contributed by atoms with Crippen molar-refractivity contribution < 1.29 is 28.9 Å². The maximum atomic E-state index is 11.7. The van der Waals surface area contributed by atoms with Crippen molar-refractivity contribution in [3.63, 3.8) is 0 Å². The summed E-state index contributed by atoms with van der Waals surface area (Å²) in [4.78, 5) is 43.3. The Kier molecular flexibility index (Phi) is 9.41. The molecule has 0 radical (unpaired) electrons. The Morgan fingerprint density at radius 2 is 1.44 bits per heavy atom. The van der Waals surface area contributed by atoms with E-state index in [1.54, 1.807) is 0 Å². The molecular weight excluding hydrogens is 360 g/mol. The van der Waals surface area contributed by atoms with Crippen LogP contribution in [0.25, 0.3) is 0 Å². The van der Waals surface area contributed by atoms with Crippen molar-refractivity contribution in [2.75, 3.05) is 6.61 Å². The fourth-order valence-corrected chi connectivity index (χ4v) is 2.17. The summed E-state index contributed by atoms with van der Waals surface area (Å²) in [5, 5.41) is 21.6. The second kappa shape index (κ2) is 11.6. The number of nitro benzene ring substituents is 2. The average molecular weight is 382 g/mol. The summed E-state index contributed by atoms with van der Waals surface area (Å²) in [7, 11) is 0. The number of nitrogens with zero attached hydrogens (tertiary/aromatic N) is 2. The largest absolute Gasteiger partial charge is 0.466 e. The van der Waals surface area contributed by atoms with Gasteiger partial charge in [-0.05, 0) is 12.8 Å². The lowest BCUT2D eigenvalue weighted by atomic mass is 10.2.